The van der Waals surface area contributed by atoms with Crippen LogP contribution in [0.5, 0.6) is 12.0 Å². The molecule has 4 aromatic heterocycles. The van der Waals surface area contributed by atoms with Crippen molar-refractivity contribution in [1.29, 1.82) is 0 Å². The van der Waals surface area contributed by atoms with Gasteiger partial charge in [-0.2, -0.15) is 19.9 Å². The number of nitrogens with one attached hydrogen (secondary N) is 4. The largest absolute Gasteiger partial charge is 0.461 e. The number of nitrogens with zero attached hydrogens (tertiary/aromatic N) is 6. The fraction of sp³-hybridized carbons (Fsp3) is 0.442. The molecule has 4 heterocycles. The van der Waals surface area contributed by atoms with E-state index in [1.165, 1.54) is 9.13 Å². The van der Waals surface area contributed by atoms with E-state index in [-0.39, 0.29) is 67.9 Å². The van der Waals surface area contributed by atoms with Gasteiger partial charge in [0.2, 0.25) is 0 Å². The number of carbonyl (C=O) groups is 2. The van der Waals surface area contributed by atoms with Crippen molar-refractivity contribution >= 4 is 45.8 Å². The third kappa shape index (κ3) is 12.6. The predicted molar refractivity (Wildman–Crippen MR) is 241 cm³/mol. The number of imidazole rings is 2. The van der Waals surface area contributed by atoms with E-state index < -0.39 is 16.9 Å². The Hall–Kier alpha value is -6.84. The number of carbonyl (C=O) groups excluding carboxylic acids is 2. The van der Waals surface area contributed by atoms with E-state index in [2.05, 4.69) is 40.5 Å². The molecule has 0 aliphatic carbocycles. The van der Waals surface area contributed by atoms with Gasteiger partial charge in [0.15, 0.2) is 22.9 Å². The molecule has 0 saturated carbocycles. The smallest absolute Gasteiger partial charge is 0.328 e. The molecule has 1 atom stereocenters. The summed E-state index contributed by atoms with van der Waals surface area (Å²) in [5.41, 5.74) is 14.3. The van der Waals surface area contributed by atoms with Crippen LogP contribution in [0.25, 0.3) is 22.3 Å². The highest BCUT2D eigenvalue weighted by Gasteiger charge is 2.22. The second kappa shape index (κ2) is 22.5. The molecule has 1 unspecified atom stereocenters. The lowest BCUT2D eigenvalue weighted by atomic mass is 10.00. The van der Waals surface area contributed by atoms with Crippen LogP contribution >= 0.6 is 0 Å². The Balaban J connectivity index is 0.00000380. The quantitative estimate of drug-likeness (QED) is 0.0535. The first-order valence-electron chi connectivity index (χ1n) is 20.9. The van der Waals surface area contributed by atoms with Crippen molar-refractivity contribution < 1.29 is 33.3 Å². The Bertz CT molecular complexity index is 2600. The average Bonchev–Trinajstić information content (AvgIpc) is 3.76. The highest BCUT2D eigenvalue weighted by molar-refractivity contribution is 5.95. The first-order chi connectivity index (χ1) is 30.7. The molecule has 0 aliphatic heterocycles. The molecule has 8 N–H and O–H groups in total. The molecule has 344 valence electrons. The summed E-state index contributed by atoms with van der Waals surface area (Å²) in [7, 11) is 3.09. The summed E-state index contributed by atoms with van der Waals surface area (Å²) in [6.07, 6.45) is 0.959. The van der Waals surface area contributed by atoms with E-state index in [4.69, 9.17) is 35.2 Å². The second-order valence-corrected chi connectivity index (χ2v) is 15.1. The van der Waals surface area contributed by atoms with Crippen LogP contribution in [0.15, 0.2) is 58.1 Å². The van der Waals surface area contributed by atoms with E-state index >= 15 is 0 Å². The number of rotatable bonds is 22. The van der Waals surface area contributed by atoms with Crippen molar-refractivity contribution in [3.63, 3.8) is 0 Å². The first kappa shape index (κ1) is 48.2. The number of benzene rings is 2. The molecule has 2 amide bonds. The number of methoxy groups -OCH3 is 2. The van der Waals surface area contributed by atoms with Crippen LogP contribution < -0.4 is 43.0 Å². The molecule has 0 saturated heterocycles. The van der Waals surface area contributed by atoms with Gasteiger partial charge in [0, 0.05) is 44.0 Å². The second-order valence-electron chi connectivity index (χ2n) is 15.1. The van der Waals surface area contributed by atoms with Gasteiger partial charge in [-0.3, -0.25) is 18.7 Å². The molecule has 0 aliphatic rings. The summed E-state index contributed by atoms with van der Waals surface area (Å²) in [5.74, 6) is -0.324. The van der Waals surface area contributed by atoms with E-state index in [9.17, 15) is 19.2 Å². The summed E-state index contributed by atoms with van der Waals surface area (Å²) in [4.78, 5) is 73.9. The van der Waals surface area contributed by atoms with Crippen LogP contribution in [0.2, 0.25) is 0 Å². The molecule has 0 radical (unpaired) electrons. The number of hydrogen-bond acceptors (Lipinski definition) is 15. The van der Waals surface area contributed by atoms with Gasteiger partial charge in [-0.05, 0) is 69.0 Å². The molecule has 0 spiro atoms. The van der Waals surface area contributed by atoms with E-state index in [1.54, 1.807) is 62.8 Å². The first-order valence-corrected chi connectivity index (χ1v) is 20.9. The third-order valence-corrected chi connectivity index (χ3v) is 9.83. The minimum absolute atomic E-state index is 0.0308. The van der Waals surface area contributed by atoms with Crippen molar-refractivity contribution in [2.24, 2.45) is 0 Å². The summed E-state index contributed by atoms with van der Waals surface area (Å²) in [6, 6.07) is 13.9. The Labute approximate surface area is 369 Å². The lowest BCUT2D eigenvalue weighted by molar-refractivity contribution is 0.0465. The minimum atomic E-state index is -0.583. The summed E-state index contributed by atoms with van der Waals surface area (Å²) >= 11 is 0. The molecule has 64 heavy (non-hydrogen) atoms. The van der Waals surface area contributed by atoms with Crippen molar-refractivity contribution in [2.45, 2.75) is 72.2 Å². The Morgan fingerprint density at radius 1 is 0.703 bits per heavy atom. The van der Waals surface area contributed by atoms with Crippen LogP contribution in [0.1, 0.15) is 79.3 Å². The van der Waals surface area contributed by atoms with E-state index in [1.807, 2.05) is 34.6 Å². The molecule has 21 heteroatoms. The number of aromatic nitrogens is 8. The zero-order valence-electron chi connectivity index (χ0n) is 37.3. The van der Waals surface area contributed by atoms with Gasteiger partial charge in [0.1, 0.15) is 24.2 Å². The molecule has 0 bridgehead atoms. The molecule has 0 fully saturated rings. The average molecular weight is 887 g/mol. The maximum absolute atomic E-state index is 13.2. The Kier molecular flexibility index (Phi) is 16.9. The standard InChI is InChI=1S/C41H52N12O9.C2H6/c1-24(14-16-44-35(54)27-10-6-25(7-11-27)22-52-33-29(45-39(52)56)31(42)47-37(49-33)61-20-18-58-4)60-17-15-41(2,3)51-36(55)28-12-8-26(9-13-28)23-53-34-30(46-40(53)57)32(43)48-38(50-34)62-21-19-59-5;1-2/h6-13,24H,14-23H2,1-5H3,(H,44,54)(H,45,56)(H,46,57)(H,51,55)(H2,42,47,49)(H2,43,48,50);1-2H3. The number of amides is 2. The lowest BCUT2D eigenvalue weighted by Crippen LogP contribution is -2.44. The van der Waals surface area contributed by atoms with Gasteiger partial charge < -0.3 is 55.8 Å². The number of nitrogens with two attached hydrogens (primary N) is 2. The number of nitrogen functional groups attached to an aromatic ring is 2. The van der Waals surface area contributed by atoms with Gasteiger partial charge in [0.25, 0.3) is 11.8 Å². The number of hydrogen-bond donors (Lipinski definition) is 6. The van der Waals surface area contributed by atoms with Crippen LogP contribution in [0, 0.1) is 0 Å². The van der Waals surface area contributed by atoms with Gasteiger partial charge in [-0.25, -0.2) is 9.59 Å². The van der Waals surface area contributed by atoms with Crippen molar-refractivity contribution in [3.05, 3.63) is 91.8 Å². The molecule has 21 nitrogen and oxygen atoms in total. The summed E-state index contributed by atoms with van der Waals surface area (Å²) in [6.45, 7) is 12.0. The fourth-order valence-corrected chi connectivity index (χ4v) is 6.34. The molecule has 6 rings (SSSR count). The predicted octanol–water partition coefficient (Wildman–Crippen LogP) is 3.01. The minimum Gasteiger partial charge on any atom is -0.461 e. The van der Waals surface area contributed by atoms with Crippen LogP contribution in [-0.4, -0.2) is 116 Å². The van der Waals surface area contributed by atoms with Crippen molar-refractivity contribution in [3.8, 4) is 12.0 Å². The number of anilines is 2. The highest BCUT2D eigenvalue weighted by atomic mass is 16.5. The zero-order valence-corrected chi connectivity index (χ0v) is 37.3. The van der Waals surface area contributed by atoms with Crippen molar-refractivity contribution in [1.82, 2.24) is 49.7 Å². The van der Waals surface area contributed by atoms with E-state index in [0.717, 1.165) is 11.1 Å². The molecule has 6 aromatic rings. The van der Waals surface area contributed by atoms with Crippen molar-refractivity contribution in [2.75, 3.05) is 65.3 Å². The summed E-state index contributed by atoms with van der Waals surface area (Å²) < 4.78 is 29.8. The fourth-order valence-electron chi connectivity index (χ4n) is 6.34. The highest BCUT2D eigenvalue weighted by Crippen LogP contribution is 2.21. The maximum atomic E-state index is 13.2. The molecular weight excluding hydrogens is 829 g/mol. The molecular formula is C43H58N12O9. The van der Waals surface area contributed by atoms with Gasteiger partial charge in [0.05, 0.1) is 32.4 Å². The van der Waals surface area contributed by atoms with Crippen LogP contribution in [-0.2, 0) is 27.3 Å². The molecule has 2 aromatic carbocycles. The third-order valence-electron chi connectivity index (χ3n) is 9.83. The number of fused-ring (bicyclic) bond motifs is 2. The Morgan fingerprint density at radius 2 is 1.16 bits per heavy atom. The maximum Gasteiger partial charge on any atom is 0.328 e. The number of aromatic amines is 2. The lowest BCUT2D eigenvalue weighted by Gasteiger charge is -2.27. The van der Waals surface area contributed by atoms with Crippen LogP contribution in [0.4, 0.5) is 11.6 Å². The normalized spacial score (nSPS) is 11.9. The van der Waals surface area contributed by atoms with Gasteiger partial charge >= 0.3 is 23.4 Å². The van der Waals surface area contributed by atoms with Gasteiger partial charge in [-0.1, -0.05) is 38.1 Å². The Morgan fingerprint density at radius 3 is 1.61 bits per heavy atom. The van der Waals surface area contributed by atoms with Gasteiger partial charge in [-0.15, -0.1) is 0 Å². The monoisotopic (exact) mass is 886 g/mol. The number of ether oxygens (including phenoxy) is 5. The zero-order chi connectivity index (χ0) is 46.4. The number of H-pyrrole nitrogens is 2. The summed E-state index contributed by atoms with van der Waals surface area (Å²) in [5, 5.41) is 5.99. The van der Waals surface area contributed by atoms with E-state index in [0.29, 0.717) is 72.7 Å². The SMILES string of the molecule is CC.COCCOc1nc(N)c2[nH]c(=O)n(Cc3ccc(C(=O)NCCC(C)OCCC(C)(C)NC(=O)c4ccc(Cn5c(=O)[nH]c6c(N)nc(OCCOC)nc65)cc4)cc3)c2n1. The van der Waals surface area contributed by atoms with Crippen LogP contribution in [0.3, 0.4) is 0 Å². The topological polar surface area (TPSA) is 284 Å².